The predicted octanol–water partition coefficient (Wildman–Crippen LogP) is 1.54. The van der Waals surface area contributed by atoms with Gasteiger partial charge in [-0.15, -0.1) is 0 Å². The first-order valence-electron chi connectivity index (χ1n) is 6.51. The molecule has 102 valence electrons. The van der Waals surface area contributed by atoms with Crippen LogP contribution in [0.2, 0.25) is 0 Å². The maximum Gasteiger partial charge on any atom is 0.251 e. The van der Waals surface area contributed by atoms with Gasteiger partial charge in [0.1, 0.15) is 11.4 Å². The second-order valence-electron chi connectivity index (χ2n) is 4.25. The van der Waals surface area contributed by atoms with Gasteiger partial charge in [0.15, 0.2) is 0 Å². The first-order chi connectivity index (χ1) is 8.61. The van der Waals surface area contributed by atoms with Crippen molar-refractivity contribution in [3.63, 3.8) is 0 Å². The molecule has 0 amide bonds. The maximum absolute atomic E-state index is 11.7. The lowest BCUT2D eigenvalue weighted by Gasteiger charge is -2.30. The molecule has 1 aromatic rings. The van der Waals surface area contributed by atoms with Gasteiger partial charge in [-0.25, -0.2) is 4.98 Å². The van der Waals surface area contributed by atoms with E-state index in [0.29, 0.717) is 19.0 Å². The predicted molar refractivity (Wildman–Crippen MR) is 71.5 cm³/mol. The molecule has 0 radical (unpaired) electrons. The van der Waals surface area contributed by atoms with Crippen LogP contribution in [0.25, 0.3) is 0 Å². The third kappa shape index (κ3) is 3.17. The van der Waals surface area contributed by atoms with Gasteiger partial charge in [-0.1, -0.05) is 13.8 Å². The second-order valence-corrected chi connectivity index (χ2v) is 4.25. The Morgan fingerprint density at radius 2 is 2.06 bits per heavy atom. The van der Waals surface area contributed by atoms with Gasteiger partial charge in [0.2, 0.25) is 0 Å². The van der Waals surface area contributed by atoms with Gasteiger partial charge < -0.3 is 15.0 Å². The average Bonchev–Trinajstić information content (AvgIpc) is 2.36. The molecule has 5 heteroatoms. The van der Waals surface area contributed by atoms with Crippen LogP contribution in [-0.2, 0) is 16.9 Å². The van der Waals surface area contributed by atoms with Gasteiger partial charge in [0.25, 0.3) is 5.56 Å². The maximum atomic E-state index is 11.7. The van der Waals surface area contributed by atoms with Crippen molar-refractivity contribution in [1.82, 2.24) is 15.3 Å². The van der Waals surface area contributed by atoms with E-state index in [1.54, 1.807) is 0 Å². The molecule has 0 unspecified atom stereocenters. The molecule has 0 spiro atoms. The monoisotopic (exact) mass is 253 g/mol. The van der Waals surface area contributed by atoms with Gasteiger partial charge in [-0.05, 0) is 26.8 Å². The van der Waals surface area contributed by atoms with Crippen LogP contribution in [-0.4, -0.2) is 23.6 Å². The van der Waals surface area contributed by atoms with Crippen molar-refractivity contribution >= 4 is 0 Å². The summed E-state index contributed by atoms with van der Waals surface area (Å²) < 4.78 is 5.85. The van der Waals surface area contributed by atoms with Crippen LogP contribution in [0.5, 0.6) is 0 Å². The van der Waals surface area contributed by atoms with Crippen LogP contribution in [0.4, 0.5) is 0 Å². The molecule has 0 fully saturated rings. The molecule has 2 N–H and O–H groups in total. The minimum absolute atomic E-state index is 0.128. The molecule has 1 aromatic heterocycles. The fourth-order valence-corrected chi connectivity index (χ4v) is 2.13. The Bertz CT molecular complexity index is 424. The van der Waals surface area contributed by atoms with E-state index < -0.39 is 5.60 Å². The number of ether oxygens (including phenoxy) is 1. The molecule has 0 aromatic carbocycles. The smallest absolute Gasteiger partial charge is 0.251 e. The second kappa shape index (κ2) is 6.66. The first kappa shape index (κ1) is 14.9. The number of nitrogens with zero attached hydrogens (tertiary/aromatic N) is 1. The first-order valence-corrected chi connectivity index (χ1v) is 6.51. The van der Waals surface area contributed by atoms with Crippen molar-refractivity contribution in [3.05, 3.63) is 27.9 Å². The molecule has 1 heterocycles. The molecule has 1 rings (SSSR count). The molecule has 0 bridgehead atoms. The van der Waals surface area contributed by atoms with E-state index in [1.165, 1.54) is 6.07 Å². The Balaban J connectivity index is 3.23. The Kier molecular flexibility index (Phi) is 5.50. The SMILES string of the molecule is CCOC(CC)(CC)c1nc(CNC)cc(=O)[nH]1. The summed E-state index contributed by atoms with van der Waals surface area (Å²) >= 11 is 0. The highest BCUT2D eigenvalue weighted by Gasteiger charge is 2.32. The normalized spacial score (nSPS) is 11.8. The molecular formula is C13H23N3O2. The van der Waals surface area contributed by atoms with Gasteiger partial charge in [0, 0.05) is 19.2 Å². The van der Waals surface area contributed by atoms with Crippen molar-refractivity contribution in [2.75, 3.05) is 13.7 Å². The summed E-state index contributed by atoms with van der Waals surface area (Å²) in [5.41, 5.74) is 0.121. The van der Waals surface area contributed by atoms with Crippen molar-refractivity contribution in [3.8, 4) is 0 Å². The lowest BCUT2D eigenvalue weighted by atomic mass is 9.95. The standard InChI is InChI=1S/C13H23N3O2/c1-5-13(6-2,18-7-3)12-15-10(9-14-4)8-11(17)16-12/h8,14H,5-7,9H2,1-4H3,(H,15,16,17). The number of aromatic nitrogens is 2. The number of aromatic amines is 1. The van der Waals surface area contributed by atoms with Crippen molar-refractivity contribution < 1.29 is 4.74 Å². The Labute approximate surface area is 108 Å². The zero-order chi connectivity index (χ0) is 13.6. The third-order valence-corrected chi connectivity index (χ3v) is 3.15. The number of hydrogen-bond donors (Lipinski definition) is 2. The summed E-state index contributed by atoms with van der Waals surface area (Å²) in [6, 6.07) is 1.52. The largest absolute Gasteiger partial charge is 0.367 e. The van der Waals surface area contributed by atoms with E-state index in [9.17, 15) is 4.79 Å². The quantitative estimate of drug-likeness (QED) is 0.773. The summed E-state index contributed by atoms with van der Waals surface area (Å²) in [5.74, 6) is 0.632. The van der Waals surface area contributed by atoms with E-state index in [4.69, 9.17) is 4.74 Å². The third-order valence-electron chi connectivity index (χ3n) is 3.15. The fraction of sp³-hybridized carbons (Fsp3) is 0.692. The summed E-state index contributed by atoms with van der Waals surface area (Å²) in [6.07, 6.45) is 1.56. The summed E-state index contributed by atoms with van der Waals surface area (Å²) in [6.45, 7) is 7.22. The molecule has 18 heavy (non-hydrogen) atoms. The van der Waals surface area contributed by atoms with Crippen LogP contribution < -0.4 is 10.9 Å². The van der Waals surface area contributed by atoms with Crippen molar-refractivity contribution in [2.24, 2.45) is 0 Å². The van der Waals surface area contributed by atoms with Crippen molar-refractivity contribution in [1.29, 1.82) is 0 Å². The Hall–Kier alpha value is -1.20. The summed E-state index contributed by atoms with van der Waals surface area (Å²) in [4.78, 5) is 19.0. The molecule has 0 aliphatic rings. The minimum atomic E-state index is -0.488. The van der Waals surface area contributed by atoms with Crippen LogP contribution >= 0.6 is 0 Å². The average molecular weight is 253 g/mol. The topological polar surface area (TPSA) is 67.0 Å². The molecule has 0 saturated heterocycles. The molecule has 0 aliphatic carbocycles. The van der Waals surface area contributed by atoms with Crippen LogP contribution in [0.15, 0.2) is 10.9 Å². The fourth-order valence-electron chi connectivity index (χ4n) is 2.13. The summed E-state index contributed by atoms with van der Waals surface area (Å²) in [7, 11) is 1.83. The number of rotatable bonds is 7. The van der Waals surface area contributed by atoms with E-state index >= 15 is 0 Å². The zero-order valence-electron chi connectivity index (χ0n) is 11.7. The summed E-state index contributed by atoms with van der Waals surface area (Å²) in [5, 5.41) is 3.00. The highest BCUT2D eigenvalue weighted by molar-refractivity contribution is 5.09. The minimum Gasteiger partial charge on any atom is -0.367 e. The van der Waals surface area contributed by atoms with Gasteiger partial charge in [0.05, 0.1) is 5.69 Å². The van der Waals surface area contributed by atoms with Crippen molar-refractivity contribution in [2.45, 2.75) is 45.8 Å². The van der Waals surface area contributed by atoms with E-state index in [1.807, 2.05) is 27.8 Å². The van der Waals surface area contributed by atoms with Gasteiger partial charge >= 0.3 is 0 Å². The van der Waals surface area contributed by atoms with E-state index in [2.05, 4.69) is 15.3 Å². The zero-order valence-corrected chi connectivity index (χ0v) is 11.7. The van der Waals surface area contributed by atoms with Gasteiger partial charge in [-0.3, -0.25) is 4.79 Å². The molecule has 0 saturated carbocycles. The Morgan fingerprint density at radius 1 is 1.39 bits per heavy atom. The van der Waals surface area contributed by atoms with Crippen LogP contribution in [0.3, 0.4) is 0 Å². The number of hydrogen-bond acceptors (Lipinski definition) is 4. The van der Waals surface area contributed by atoms with E-state index in [-0.39, 0.29) is 5.56 Å². The number of H-pyrrole nitrogens is 1. The molecule has 0 atom stereocenters. The highest BCUT2D eigenvalue weighted by Crippen LogP contribution is 2.29. The van der Waals surface area contributed by atoms with Gasteiger partial charge in [-0.2, -0.15) is 0 Å². The Morgan fingerprint density at radius 3 is 2.56 bits per heavy atom. The van der Waals surface area contributed by atoms with Crippen LogP contribution in [0, 0.1) is 0 Å². The highest BCUT2D eigenvalue weighted by atomic mass is 16.5. The molecular weight excluding hydrogens is 230 g/mol. The molecule has 0 aliphatic heterocycles. The van der Waals surface area contributed by atoms with Crippen LogP contribution in [0.1, 0.15) is 45.1 Å². The lowest BCUT2D eigenvalue weighted by Crippen LogP contribution is -2.33. The lowest BCUT2D eigenvalue weighted by molar-refractivity contribution is -0.0574. The number of nitrogens with one attached hydrogen (secondary N) is 2. The molecule has 5 nitrogen and oxygen atoms in total. The van der Waals surface area contributed by atoms with E-state index in [0.717, 1.165) is 18.5 Å².